The zero-order valence-electron chi connectivity index (χ0n) is 11.7. The maximum absolute atomic E-state index is 6.03. The highest BCUT2D eigenvalue weighted by atomic mass is 16.5. The molecule has 2 rings (SSSR count). The molecule has 19 heavy (non-hydrogen) atoms. The molecule has 0 aromatic heterocycles. The van der Waals surface area contributed by atoms with Crippen LogP contribution in [0.15, 0.2) is 42.5 Å². The lowest BCUT2D eigenvalue weighted by Crippen LogP contribution is -2.17. The van der Waals surface area contributed by atoms with Crippen molar-refractivity contribution in [3.63, 3.8) is 0 Å². The molecule has 0 aliphatic heterocycles. The van der Waals surface area contributed by atoms with Crippen molar-refractivity contribution < 1.29 is 4.74 Å². The fourth-order valence-corrected chi connectivity index (χ4v) is 2.11. The van der Waals surface area contributed by atoms with Crippen molar-refractivity contribution in [2.45, 2.75) is 13.5 Å². The summed E-state index contributed by atoms with van der Waals surface area (Å²) in [5, 5.41) is 0. The molecule has 0 saturated heterocycles. The Morgan fingerprint density at radius 3 is 2.68 bits per heavy atom. The minimum absolute atomic E-state index is 0.796. The van der Waals surface area contributed by atoms with E-state index >= 15 is 0 Å². The second-order valence-corrected chi connectivity index (χ2v) is 4.77. The van der Waals surface area contributed by atoms with Crippen LogP contribution in [0.25, 0.3) is 0 Å². The minimum Gasteiger partial charge on any atom is -0.497 e. The van der Waals surface area contributed by atoms with E-state index in [1.165, 1.54) is 11.1 Å². The summed E-state index contributed by atoms with van der Waals surface area (Å²) in [6, 6.07) is 14.2. The Morgan fingerprint density at radius 2 is 1.95 bits per heavy atom. The molecule has 2 aromatic rings. The van der Waals surface area contributed by atoms with Gasteiger partial charge in [0.15, 0.2) is 0 Å². The van der Waals surface area contributed by atoms with Gasteiger partial charge in [-0.15, -0.1) is 0 Å². The van der Waals surface area contributed by atoms with Gasteiger partial charge in [0.2, 0.25) is 0 Å². The molecule has 0 unspecified atom stereocenters. The molecule has 0 spiro atoms. The van der Waals surface area contributed by atoms with Crippen LogP contribution in [0.2, 0.25) is 0 Å². The molecular weight excluding hydrogens is 236 g/mol. The molecule has 0 aliphatic rings. The third-order valence-corrected chi connectivity index (χ3v) is 3.15. The summed E-state index contributed by atoms with van der Waals surface area (Å²) in [4.78, 5) is 2.15. The van der Waals surface area contributed by atoms with Crippen molar-refractivity contribution in [3.05, 3.63) is 53.6 Å². The first kappa shape index (κ1) is 13.3. The molecule has 3 heteroatoms. The van der Waals surface area contributed by atoms with Gasteiger partial charge in [-0.1, -0.05) is 18.2 Å². The minimum atomic E-state index is 0.796. The highest BCUT2D eigenvalue weighted by Crippen LogP contribution is 2.25. The number of rotatable bonds is 4. The molecular formula is C16H20N2O. The van der Waals surface area contributed by atoms with Gasteiger partial charge in [-0.2, -0.15) is 0 Å². The molecule has 0 amide bonds. The summed E-state index contributed by atoms with van der Waals surface area (Å²) in [6.07, 6.45) is 0. The number of methoxy groups -OCH3 is 1. The summed E-state index contributed by atoms with van der Waals surface area (Å²) in [6.45, 7) is 2.87. The Bertz CT molecular complexity index is 566. The Kier molecular flexibility index (Phi) is 3.95. The fourth-order valence-electron chi connectivity index (χ4n) is 2.11. The highest BCUT2D eigenvalue weighted by molar-refractivity contribution is 5.68. The molecule has 0 heterocycles. The first-order valence-corrected chi connectivity index (χ1v) is 6.30. The van der Waals surface area contributed by atoms with Crippen LogP contribution in [0.1, 0.15) is 11.1 Å². The fraction of sp³-hybridized carbons (Fsp3) is 0.250. The van der Waals surface area contributed by atoms with Gasteiger partial charge in [-0.3, -0.25) is 0 Å². The molecule has 2 N–H and O–H groups in total. The maximum atomic E-state index is 6.03. The van der Waals surface area contributed by atoms with Crippen LogP contribution in [0.3, 0.4) is 0 Å². The molecule has 0 bridgehead atoms. The van der Waals surface area contributed by atoms with Crippen LogP contribution in [0.5, 0.6) is 5.75 Å². The first-order chi connectivity index (χ1) is 9.10. The number of aryl methyl sites for hydroxylation is 1. The quantitative estimate of drug-likeness (QED) is 0.854. The predicted octanol–water partition coefficient (Wildman–Crippen LogP) is 3.22. The summed E-state index contributed by atoms with van der Waals surface area (Å²) < 4.78 is 5.24. The van der Waals surface area contributed by atoms with E-state index < -0.39 is 0 Å². The van der Waals surface area contributed by atoms with Crippen LogP contribution < -0.4 is 15.4 Å². The molecule has 0 atom stereocenters. The standard InChI is InChI=1S/C16H20N2O/c1-12-7-8-15(17)16(9-12)18(2)11-13-5-4-6-14(10-13)19-3/h4-10H,11,17H2,1-3H3. The van der Waals surface area contributed by atoms with Crippen molar-refractivity contribution in [2.75, 3.05) is 24.8 Å². The number of hydrogen-bond acceptors (Lipinski definition) is 3. The lowest BCUT2D eigenvalue weighted by molar-refractivity contribution is 0.414. The van der Waals surface area contributed by atoms with Crippen molar-refractivity contribution in [2.24, 2.45) is 0 Å². The van der Waals surface area contributed by atoms with E-state index in [4.69, 9.17) is 10.5 Å². The van der Waals surface area contributed by atoms with Crippen molar-refractivity contribution >= 4 is 11.4 Å². The lowest BCUT2D eigenvalue weighted by Gasteiger charge is -2.22. The number of ether oxygens (including phenoxy) is 1. The summed E-state index contributed by atoms with van der Waals surface area (Å²) >= 11 is 0. The second-order valence-electron chi connectivity index (χ2n) is 4.77. The van der Waals surface area contributed by atoms with E-state index in [0.29, 0.717) is 0 Å². The van der Waals surface area contributed by atoms with Crippen LogP contribution >= 0.6 is 0 Å². The van der Waals surface area contributed by atoms with E-state index in [1.54, 1.807) is 7.11 Å². The van der Waals surface area contributed by atoms with Crippen LogP contribution in [0.4, 0.5) is 11.4 Å². The average Bonchev–Trinajstić information content (AvgIpc) is 2.41. The maximum Gasteiger partial charge on any atom is 0.119 e. The number of nitrogen functional groups attached to an aromatic ring is 1. The van der Waals surface area contributed by atoms with E-state index in [2.05, 4.69) is 24.0 Å². The van der Waals surface area contributed by atoms with Gasteiger partial charge in [0.1, 0.15) is 5.75 Å². The largest absolute Gasteiger partial charge is 0.497 e. The Labute approximate surface area is 114 Å². The summed E-state index contributed by atoms with van der Waals surface area (Å²) in [5.41, 5.74) is 10.3. The van der Waals surface area contributed by atoms with Crippen molar-refractivity contribution in [3.8, 4) is 5.75 Å². The molecule has 0 radical (unpaired) electrons. The van der Waals surface area contributed by atoms with Gasteiger partial charge < -0.3 is 15.4 Å². The number of benzene rings is 2. The Balaban J connectivity index is 2.20. The summed E-state index contributed by atoms with van der Waals surface area (Å²) in [5.74, 6) is 0.878. The zero-order valence-corrected chi connectivity index (χ0v) is 11.7. The molecule has 0 aliphatic carbocycles. The third-order valence-electron chi connectivity index (χ3n) is 3.15. The lowest BCUT2D eigenvalue weighted by atomic mass is 10.1. The Hall–Kier alpha value is -2.16. The SMILES string of the molecule is COc1cccc(CN(C)c2cc(C)ccc2N)c1. The van der Waals surface area contributed by atoms with Crippen molar-refractivity contribution in [1.82, 2.24) is 0 Å². The third kappa shape index (κ3) is 3.19. The first-order valence-electron chi connectivity index (χ1n) is 6.30. The molecule has 2 aromatic carbocycles. The topological polar surface area (TPSA) is 38.5 Å². The second kappa shape index (κ2) is 5.65. The monoisotopic (exact) mass is 256 g/mol. The number of hydrogen-bond donors (Lipinski definition) is 1. The van der Waals surface area contributed by atoms with Gasteiger partial charge in [0.05, 0.1) is 18.5 Å². The predicted molar refractivity (Wildman–Crippen MR) is 80.7 cm³/mol. The van der Waals surface area contributed by atoms with E-state index in [1.807, 2.05) is 37.4 Å². The summed E-state index contributed by atoms with van der Waals surface area (Å²) in [7, 11) is 3.73. The van der Waals surface area contributed by atoms with Gasteiger partial charge in [-0.25, -0.2) is 0 Å². The Morgan fingerprint density at radius 1 is 1.16 bits per heavy atom. The van der Waals surface area contributed by atoms with Gasteiger partial charge in [-0.05, 0) is 42.3 Å². The zero-order chi connectivity index (χ0) is 13.8. The van der Waals surface area contributed by atoms with Gasteiger partial charge in [0.25, 0.3) is 0 Å². The van der Waals surface area contributed by atoms with E-state index in [0.717, 1.165) is 23.7 Å². The smallest absolute Gasteiger partial charge is 0.119 e. The number of nitrogens with zero attached hydrogens (tertiary/aromatic N) is 1. The normalized spacial score (nSPS) is 10.3. The number of anilines is 2. The van der Waals surface area contributed by atoms with E-state index in [-0.39, 0.29) is 0 Å². The van der Waals surface area contributed by atoms with E-state index in [9.17, 15) is 0 Å². The molecule has 0 fully saturated rings. The van der Waals surface area contributed by atoms with Crippen LogP contribution in [-0.2, 0) is 6.54 Å². The molecule has 0 saturated carbocycles. The van der Waals surface area contributed by atoms with Gasteiger partial charge in [0, 0.05) is 13.6 Å². The highest BCUT2D eigenvalue weighted by Gasteiger charge is 2.07. The molecule has 100 valence electrons. The average molecular weight is 256 g/mol. The van der Waals surface area contributed by atoms with Gasteiger partial charge >= 0.3 is 0 Å². The number of nitrogens with two attached hydrogens (primary N) is 1. The van der Waals surface area contributed by atoms with Crippen LogP contribution in [0, 0.1) is 6.92 Å². The van der Waals surface area contributed by atoms with Crippen LogP contribution in [-0.4, -0.2) is 14.2 Å². The molecule has 3 nitrogen and oxygen atoms in total. The van der Waals surface area contributed by atoms with Crippen molar-refractivity contribution in [1.29, 1.82) is 0 Å².